The summed E-state index contributed by atoms with van der Waals surface area (Å²) < 4.78 is 21.5. The number of rotatable bonds is 8. The van der Waals surface area contributed by atoms with Gasteiger partial charge in [-0.05, 0) is 24.5 Å². The number of fused-ring (bicyclic) bond motifs is 1. The van der Waals surface area contributed by atoms with Crippen LogP contribution in [0.3, 0.4) is 0 Å². The number of aryl methyl sites for hydroxylation is 2. The first-order valence-corrected chi connectivity index (χ1v) is 7.94. The molecule has 0 aliphatic carbocycles. The standard InChI is InChI=1S/C16H22ClFN2O/c1-12(2)11-21-10-4-9-20-14-6-3-5-13(18)16(14)19-15(20)7-8-17/h3,5-6,12H,4,7-11H2,1-2H3. The molecule has 0 N–H and O–H groups in total. The highest BCUT2D eigenvalue weighted by molar-refractivity contribution is 6.17. The molecule has 3 nitrogen and oxygen atoms in total. The minimum absolute atomic E-state index is 0.280. The lowest BCUT2D eigenvalue weighted by molar-refractivity contribution is 0.105. The Morgan fingerprint density at radius 3 is 2.90 bits per heavy atom. The van der Waals surface area contributed by atoms with Crippen molar-refractivity contribution >= 4 is 22.6 Å². The Morgan fingerprint density at radius 2 is 2.19 bits per heavy atom. The SMILES string of the molecule is CC(C)COCCCn1c(CCCl)nc2c(F)cccc21. The summed E-state index contributed by atoms with van der Waals surface area (Å²) in [5.74, 6) is 1.58. The fourth-order valence-corrected chi connectivity index (χ4v) is 2.50. The summed E-state index contributed by atoms with van der Waals surface area (Å²) in [5, 5.41) is 0. The van der Waals surface area contributed by atoms with Crippen LogP contribution in [0.15, 0.2) is 18.2 Å². The molecule has 1 aromatic heterocycles. The molecule has 0 unspecified atom stereocenters. The lowest BCUT2D eigenvalue weighted by Crippen LogP contribution is -2.09. The van der Waals surface area contributed by atoms with Crippen molar-refractivity contribution < 1.29 is 9.13 Å². The third-order valence-electron chi connectivity index (χ3n) is 3.25. The molecule has 0 saturated heterocycles. The van der Waals surface area contributed by atoms with Gasteiger partial charge < -0.3 is 9.30 Å². The van der Waals surface area contributed by atoms with Crippen LogP contribution in [0.5, 0.6) is 0 Å². The van der Waals surface area contributed by atoms with Gasteiger partial charge in [-0.2, -0.15) is 0 Å². The third-order valence-corrected chi connectivity index (χ3v) is 3.44. The zero-order valence-electron chi connectivity index (χ0n) is 12.6. The number of halogens is 2. The second kappa shape index (κ2) is 7.76. The molecular weight excluding hydrogens is 291 g/mol. The van der Waals surface area contributed by atoms with Crippen LogP contribution in [-0.4, -0.2) is 28.6 Å². The van der Waals surface area contributed by atoms with Crippen molar-refractivity contribution in [1.29, 1.82) is 0 Å². The number of imidazole rings is 1. The zero-order chi connectivity index (χ0) is 15.2. The number of benzene rings is 1. The summed E-state index contributed by atoms with van der Waals surface area (Å²) in [6, 6.07) is 5.06. The molecule has 5 heteroatoms. The predicted molar refractivity (Wildman–Crippen MR) is 84.4 cm³/mol. The smallest absolute Gasteiger partial charge is 0.151 e. The van der Waals surface area contributed by atoms with Crippen LogP contribution in [0, 0.1) is 11.7 Å². The quantitative estimate of drug-likeness (QED) is 0.544. The van der Waals surface area contributed by atoms with Gasteiger partial charge in [0.1, 0.15) is 11.3 Å². The number of hydrogen-bond donors (Lipinski definition) is 0. The number of ether oxygens (including phenoxy) is 1. The Hall–Kier alpha value is -1.13. The Balaban J connectivity index is 2.09. The van der Waals surface area contributed by atoms with Crippen LogP contribution >= 0.6 is 11.6 Å². The molecular formula is C16H22ClFN2O. The Labute approximate surface area is 130 Å². The largest absolute Gasteiger partial charge is 0.381 e. The molecule has 116 valence electrons. The molecule has 0 radical (unpaired) electrons. The van der Waals surface area contributed by atoms with E-state index in [1.165, 1.54) is 6.07 Å². The van der Waals surface area contributed by atoms with Crippen molar-refractivity contribution in [2.45, 2.75) is 33.2 Å². The molecule has 2 aromatic rings. The summed E-state index contributed by atoms with van der Waals surface area (Å²) in [4.78, 5) is 4.39. The lowest BCUT2D eigenvalue weighted by atomic mass is 10.2. The highest BCUT2D eigenvalue weighted by Gasteiger charge is 2.12. The first-order chi connectivity index (χ1) is 10.1. The summed E-state index contributed by atoms with van der Waals surface area (Å²) >= 11 is 5.82. The van der Waals surface area contributed by atoms with Gasteiger partial charge in [0.15, 0.2) is 5.82 Å². The number of aromatic nitrogens is 2. The van der Waals surface area contributed by atoms with Gasteiger partial charge in [-0.3, -0.25) is 0 Å². The van der Waals surface area contributed by atoms with E-state index in [9.17, 15) is 4.39 Å². The average Bonchev–Trinajstić information content (AvgIpc) is 2.78. The molecule has 0 atom stereocenters. The first kappa shape index (κ1) is 16.2. The van der Waals surface area contributed by atoms with E-state index in [1.807, 2.05) is 6.07 Å². The van der Waals surface area contributed by atoms with Crippen molar-refractivity contribution in [3.8, 4) is 0 Å². The number of para-hydroxylation sites is 1. The van der Waals surface area contributed by atoms with Crippen molar-refractivity contribution in [1.82, 2.24) is 9.55 Å². The molecule has 2 rings (SSSR count). The lowest BCUT2D eigenvalue weighted by Gasteiger charge is -2.10. The fourth-order valence-electron chi connectivity index (χ4n) is 2.33. The molecule has 0 spiro atoms. The molecule has 0 aliphatic heterocycles. The van der Waals surface area contributed by atoms with Gasteiger partial charge in [0.05, 0.1) is 5.52 Å². The van der Waals surface area contributed by atoms with E-state index in [4.69, 9.17) is 16.3 Å². The van der Waals surface area contributed by atoms with Gasteiger partial charge in [-0.15, -0.1) is 11.6 Å². The minimum Gasteiger partial charge on any atom is -0.381 e. The monoisotopic (exact) mass is 312 g/mol. The summed E-state index contributed by atoms with van der Waals surface area (Å²) in [6.07, 6.45) is 1.52. The zero-order valence-corrected chi connectivity index (χ0v) is 13.4. The third kappa shape index (κ3) is 4.17. The van der Waals surface area contributed by atoms with Gasteiger partial charge in [0.2, 0.25) is 0 Å². The maximum atomic E-state index is 13.8. The Kier molecular flexibility index (Phi) is 6.00. The molecule has 0 bridgehead atoms. The highest BCUT2D eigenvalue weighted by atomic mass is 35.5. The molecule has 0 saturated carbocycles. The van der Waals surface area contributed by atoms with Crippen LogP contribution in [-0.2, 0) is 17.7 Å². The Bertz CT molecular complexity index is 583. The second-order valence-corrected chi connectivity index (χ2v) is 5.93. The van der Waals surface area contributed by atoms with Gasteiger partial charge in [0.25, 0.3) is 0 Å². The van der Waals surface area contributed by atoms with Crippen LogP contribution in [0.4, 0.5) is 4.39 Å². The Morgan fingerprint density at radius 1 is 1.38 bits per heavy atom. The van der Waals surface area contributed by atoms with E-state index in [0.717, 1.165) is 30.9 Å². The average molecular weight is 313 g/mol. The maximum Gasteiger partial charge on any atom is 0.151 e. The summed E-state index contributed by atoms with van der Waals surface area (Å²) in [5.41, 5.74) is 1.26. The molecule has 1 heterocycles. The molecule has 1 aromatic carbocycles. The number of nitrogens with zero attached hydrogens (tertiary/aromatic N) is 2. The van der Waals surface area contributed by atoms with E-state index in [0.29, 0.717) is 30.3 Å². The van der Waals surface area contributed by atoms with Crippen LogP contribution < -0.4 is 0 Å². The number of hydrogen-bond acceptors (Lipinski definition) is 2. The van der Waals surface area contributed by atoms with Crippen LogP contribution in [0.25, 0.3) is 11.0 Å². The van der Waals surface area contributed by atoms with Crippen molar-refractivity contribution in [2.75, 3.05) is 19.1 Å². The summed E-state index contributed by atoms with van der Waals surface area (Å²) in [7, 11) is 0. The van der Waals surface area contributed by atoms with Gasteiger partial charge >= 0.3 is 0 Å². The van der Waals surface area contributed by atoms with Gasteiger partial charge in [-0.25, -0.2) is 9.37 Å². The maximum absolute atomic E-state index is 13.8. The second-order valence-electron chi connectivity index (χ2n) is 5.55. The molecule has 0 fully saturated rings. The van der Waals surface area contributed by atoms with Crippen LogP contribution in [0.1, 0.15) is 26.1 Å². The van der Waals surface area contributed by atoms with Gasteiger partial charge in [0, 0.05) is 32.1 Å². The van der Waals surface area contributed by atoms with Gasteiger partial charge in [-0.1, -0.05) is 19.9 Å². The normalized spacial score (nSPS) is 11.7. The van der Waals surface area contributed by atoms with Crippen molar-refractivity contribution in [2.24, 2.45) is 5.92 Å². The summed E-state index contributed by atoms with van der Waals surface area (Å²) in [6.45, 7) is 6.50. The first-order valence-electron chi connectivity index (χ1n) is 7.40. The van der Waals surface area contributed by atoms with E-state index in [1.54, 1.807) is 6.07 Å². The highest BCUT2D eigenvalue weighted by Crippen LogP contribution is 2.20. The fraction of sp³-hybridized carbons (Fsp3) is 0.562. The number of alkyl halides is 1. The van der Waals surface area contributed by atoms with E-state index in [2.05, 4.69) is 23.4 Å². The minimum atomic E-state index is -0.280. The van der Waals surface area contributed by atoms with E-state index >= 15 is 0 Å². The van der Waals surface area contributed by atoms with Crippen molar-refractivity contribution in [3.63, 3.8) is 0 Å². The molecule has 0 amide bonds. The predicted octanol–water partition coefficient (Wildman–Crippen LogP) is 4.02. The topological polar surface area (TPSA) is 27.1 Å². The van der Waals surface area contributed by atoms with E-state index < -0.39 is 0 Å². The molecule has 0 aliphatic rings. The van der Waals surface area contributed by atoms with Crippen LogP contribution in [0.2, 0.25) is 0 Å². The van der Waals surface area contributed by atoms with Crippen molar-refractivity contribution in [3.05, 3.63) is 29.8 Å². The molecule has 21 heavy (non-hydrogen) atoms. The van der Waals surface area contributed by atoms with E-state index in [-0.39, 0.29) is 5.82 Å².